The number of nitro benzene ring substituents is 2. The van der Waals surface area contributed by atoms with E-state index in [0.717, 1.165) is 11.1 Å². The van der Waals surface area contributed by atoms with E-state index in [2.05, 4.69) is 10.2 Å². The molecule has 0 unspecified atom stereocenters. The van der Waals surface area contributed by atoms with Gasteiger partial charge in [-0.25, -0.2) is 0 Å². The molecule has 1 saturated heterocycles. The molecule has 1 fully saturated rings. The molecular formula is C18H18N6O4. The molecular weight excluding hydrogens is 364 g/mol. The Labute approximate surface area is 160 Å². The molecule has 144 valence electrons. The Morgan fingerprint density at radius 3 is 1.29 bits per heavy atom. The van der Waals surface area contributed by atoms with E-state index in [1.807, 2.05) is 10.0 Å². The standard InChI is InChI=1S/C18H18N6O4/c25-23(26)17-5-1-15(2-6-17)13-19-21-9-11-22(12-10-21)20-14-16-3-7-18(8-4-16)24(27)28/h1-8,13-14H,9-12H2. The van der Waals surface area contributed by atoms with Crippen LogP contribution in [-0.2, 0) is 0 Å². The van der Waals surface area contributed by atoms with E-state index in [0.29, 0.717) is 26.2 Å². The van der Waals surface area contributed by atoms with Gasteiger partial charge in [0.15, 0.2) is 0 Å². The van der Waals surface area contributed by atoms with Crippen LogP contribution in [0.2, 0.25) is 0 Å². The lowest BCUT2D eigenvalue weighted by Gasteiger charge is -2.31. The fourth-order valence-corrected chi connectivity index (χ4v) is 2.58. The first kappa shape index (κ1) is 19.0. The highest BCUT2D eigenvalue weighted by molar-refractivity contribution is 5.80. The molecule has 2 aromatic carbocycles. The van der Waals surface area contributed by atoms with Gasteiger partial charge in [-0.1, -0.05) is 0 Å². The minimum Gasteiger partial charge on any atom is -0.293 e. The molecule has 0 spiro atoms. The molecule has 0 atom stereocenters. The van der Waals surface area contributed by atoms with Crippen molar-refractivity contribution in [2.45, 2.75) is 0 Å². The summed E-state index contributed by atoms with van der Waals surface area (Å²) >= 11 is 0. The third-order valence-electron chi connectivity index (χ3n) is 4.18. The van der Waals surface area contributed by atoms with E-state index in [9.17, 15) is 20.2 Å². The zero-order valence-electron chi connectivity index (χ0n) is 14.9. The van der Waals surface area contributed by atoms with Crippen LogP contribution in [-0.4, -0.2) is 58.5 Å². The van der Waals surface area contributed by atoms with Crippen LogP contribution in [0.3, 0.4) is 0 Å². The van der Waals surface area contributed by atoms with Crippen molar-refractivity contribution in [3.05, 3.63) is 79.9 Å². The second-order valence-corrected chi connectivity index (χ2v) is 6.09. The Morgan fingerprint density at radius 2 is 1.00 bits per heavy atom. The Bertz CT molecular complexity index is 812. The zero-order chi connectivity index (χ0) is 19.9. The van der Waals surface area contributed by atoms with Crippen LogP contribution >= 0.6 is 0 Å². The van der Waals surface area contributed by atoms with Gasteiger partial charge >= 0.3 is 0 Å². The van der Waals surface area contributed by atoms with Crippen molar-refractivity contribution >= 4 is 23.8 Å². The zero-order valence-corrected chi connectivity index (χ0v) is 14.9. The van der Waals surface area contributed by atoms with E-state index in [1.54, 1.807) is 36.7 Å². The summed E-state index contributed by atoms with van der Waals surface area (Å²) in [7, 11) is 0. The molecule has 0 aliphatic carbocycles. The highest BCUT2D eigenvalue weighted by Gasteiger charge is 2.13. The van der Waals surface area contributed by atoms with E-state index in [1.165, 1.54) is 24.3 Å². The molecule has 0 radical (unpaired) electrons. The Morgan fingerprint density at radius 1 is 0.679 bits per heavy atom. The molecule has 10 nitrogen and oxygen atoms in total. The maximum absolute atomic E-state index is 10.7. The van der Waals surface area contributed by atoms with Gasteiger partial charge in [-0.3, -0.25) is 30.2 Å². The number of hydrogen-bond acceptors (Lipinski definition) is 8. The van der Waals surface area contributed by atoms with Gasteiger partial charge in [-0.2, -0.15) is 10.2 Å². The molecule has 3 rings (SSSR count). The van der Waals surface area contributed by atoms with Crippen LogP contribution in [0.5, 0.6) is 0 Å². The molecule has 0 saturated carbocycles. The number of non-ortho nitro benzene ring substituents is 2. The van der Waals surface area contributed by atoms with Crippen molar-refractivity contribution in [2.24, 2.45) is 10.2 Å². The number of hydrazone groups is 2. The molecule has 2 aromatic rings. The number of hydrogen-bond donors (Lipinski definition) is 0. The lowest BCUT2D eigenvalue weighted by molar-refractivity contribution is -0.385. The topological polar surface area (TPSA) is 117 Å². The second kappa shape index (κ2) is 8.71. The van der Waals surface area contributed by atoms with Crippen LogP contribution in [0.25, 0.3) is 0 Å². The number of rotatable bonds is 6. The summed E-state index contributed by atoms with van der Waals surface area (Å²) in [6.07, 6.45) is 3.36. The lowest BCUT2D eigenvalue weighted by Crippen LogP contribution is -2.41. The number of nitro groups is 2. The molecule has 10 heteroatoms. The van der Waals surface area contributed by atoms with E-state index in [-0.39, 0.29) is 11.4 Å². The summed E-state index contributed by atoms with van der Waals surface area (Å²) < 4.78 is 0. The Kier molecular flexibility index (Phi) is 5.90. The molecule has 0 bridgehead atoms. The van der Waals surface area contributed by atoms with Crippen LogP contribution in [0.1, 0.15) is 11.1 Å². The minimum absolute atomic E-state index is 0.0525. The molecule has 1 aliphatic heterocycles. The molecule has 0 N–H and O–H groups in total. The summed E-state index contributed by atoms with van der Waals surface area (Å²) in [5, 5.41) is 33.9. The average Bonchev–Trinajstić information content (AvgIpc) is 2.72. The Hall–Kier alpha value is -3.82. The first-order valence-electron chi connectivity index (χ1n) is 8.58. The number of nitrogens with zero attached hydrogens (tertiary/aromatic N) is 6. The van der Waals surface area contributed by atoms with E-state index >= 15 is 0 Å². The van der Waals surface area contributed by atoms with E-state index < -0.39 is 9.85 Å². The van der Waals surface area contributed by atoms with Crippen molar-refractivity contribution in [3.8, 4) is 0 Å². The van der Waals surface area contributed by atoms with Crippen LogP contribution in [0.4, 0.5) is 11.4 Å². The summed E-state index contributed by atoms with van der Waals surface area (Å²) in [5.41, 5.74) is 1.70. The number of piperazine rings is 1. The number of benzene rings is 2. The van der Waals surface area contributed by atoms with Gasteiger partial charge < -0.3 is 0 Å². The van der Waals surface area contributed by atoms with Crippen LogP contribution in [0.15, 0.2) is 58.7 Å². The second-order valence-electron chi connectivity index (χ2n) is 6.09. The van der Waals surface area contributed by atoms with Gasteiger partial charge in [0.1, 0.15) is 0 Å². The maximum atomic E-state index is 10.7. The SMILES string of the molecule is O=[N+]([O-])c1ccc(C=NN2CCN(N=Cc3ccc([N+](=O)[O-])cc3)CC2)cc1. The third-order valence-corrected chi connectivity index (χ3v) is 4.18. The van der Waals surface area contributed by atoms with Gasteiger partial charge in [-0.05, 0) is 35.4 Å². The summed E-state index contributed by atoms with van der Waals surface area (Å²) in [6, 6.07) is 12.4. The first-order chi connectivity index (χ1) is 13.5. The third kappa shape index (κ3) is 5.10. The smallest absolute Gasteiger partial charge is 0.269 e. The van der Waals surface area contributed by atoms with Gasteiger partial charge in [0.25, 0.3) is 11.4 Å². The van der Waals surface area contributed by atoms with Crippen molar-refractivity contribution in [1.29, 1.82) is 0 Å². The van der Waals surface area contributed by atoms with Gasteiger partial charge in [0.2, 0.25) is 0 Å². The maximum Gasteiger partial charge on any atom is 0.269 e. The molecule has 1 heterocycles. The van der Waals surface area contributed by atoms with Crippen molar-refractivity contribution in [1.82, 2.24) is 10.0 Å². The highest BCUT2D eigenvalue weighted by Crippen LogP contribution is 2.12. The summed E-state index contributed by atoms with van der Waals surface area (Å²) in [5.74, 6) is 0. The quantitative estimate of drug-likeness (QED) is 0.430. The van der Waals surface area contributed by atoms with Crippen LogP contribution < -0.4 is 0 Å². The molecule has 28 heavy (non-hydrogen) atoms. The lowest BCUT2D eigenvalue weighted by atomic mass is 10.2. The predicted octanol–water partition coefficient (Wildman–Crippen LogP) is 2.49. The van der Waals surface area contributed by atoms with Crippen molar-refractivity contribution in [3.63, 3.8) is 0 Å². The first-order valence-corrected chi connectivity index (χ1v) is 8.58. The largest absolute Gasteiger partial charge is 0.293 e. The van der Waals surface area contributed by atoms with E-state index in [4.69, 9.17) is 0 Å². The normalized spacial score (nSPS) is 14.7. The average molecular weight is 382 g/mol. The predicted molar refractivity (Wildman–Crippen MR) is 105 cm³/mol. The van der Waals surface area contributed by atoms with Crippen LogP contribution in [0, 0.1) is 20.2 Å². The molecule has 1 aliphatic rings. The van der Waals surface area contributed by atoms with Gasteiger partial charge in [0.05, 0.1) is 48.5 Å². The fourth-order valence-electron chi connectivity index (χ4n) is 2.58. The summed E-state index contributed by atoms with van der Waals surface area (Å²) in [6.45, 7) is 2.78. The van der Waals surface area contributed by atoms with Gasteiger partial charge in [-0.15, -0.1) is 0 Å². The van der Waals surface area contributed by atoms with Gasteiger partial charge in [0, 0.05) is 24.3 Å². The molecule has 0 amide bonds. The van der Waals surface area contributed by atoms with Crippen molar-refractivity contribution < 1.29 is 9.85 Å². The Balaban J connectivity index is 1.48. The highest BCUT2D eigenvalue weighted by atomic mass is 16.6. The fraction of sp³-hybridized carbons (Fsp3) is 0.222. The minimum atomic E-state index is -0.433. The summed E-state index contributed by atoms with van der Waals surface area (Å²) in [4.78, 5) is 20.4. The van der Waals surface area contributed by atoms with Crippen molar-refractivity contribution in [2.75, 3.05) is 26.2 Å². The monoisotopic (exact) mass is 382 g/mol. The molecule has 0 aromatic heterocycles.